The van der Waals surface area contributed by atoms with E-state index in [1.54, 1.807) is 0 Å². The van der Waals surface area contributed by atoms with Crippen LogP contribution in [-0.2, 0) is 4.81 Å². The van der Waals surface area contributed by atoms with Crippen molar-refractivity contribution in [2.24, 2.45) is 0 Å². The molecule has 0 unspecified atom stereocenters. The predicted molar refractivity (Wildman–Crippen MR) is 36.9 cm³/mol. The molecule has 0 atom stereocenters. The second-order valence-electron chi connectivity index (χ2n) is 2.05. The van der Waals surface area contributed by atoms with E-state index in [0.717, 1.165) is 18.2 Å². The summed E-state index contributed by atoms with van der Waals surface area (Å²) >= 11 is 0. The number of benzene rings is 1. The van der Waals surface area contributed by atoms with E-state index >= 15 is 0 Å². The summed E-state index contributed by atoms with van der Waals surface area (Å²) < 4.78 is 24.7. The van der Waals surface area contributed by atoms with Gasteiger partial charge in [0.25, 0.3) is 0 Å². The van der Waals surface area contributed by atoms with Crippen molar-refractivity contribution in [1.29, 1.82) is 0 Å². The van der Waals surface area contributed by atoms with Gasteiger partial charge in [-0.25, -0.2) is 8.78 Å². The number of hydrogen-bond donors (Lipinski definition) is 1. The van der Waals surface area contributed by atoms with Gasteiger partial charge in [0, 0.05) is 6.07 Å². The molecule has 2 nitrogen and oxygen atoms in total. The summed E-state index contributed by atoms with van der Waals surface area (Å²) in [6, 6.07) is 2.92. The van der Waals surface area contributed by atoms with Gasteiger partial charge in [0.1, 0.15) is 11.6 Å². The average molecular weight is 158 g/mol. The average Bonchev–Trinajstić information content (AvgIpc) is 1.85. The fourth-order valence-corrected chi connectivity index (χ4v) is 0.769. The maximum Gasteiger partial charge on any atom is 0.355 e. The van der Waals surface area contributed by atoms with Crippen LogP contribution in [0.15, 0.2) is 18.2 Å². The quantitative estimate of drug-likeness (QED) is 0.384. The zero-order valence-electron chi connectivity index (χ0n) is 5.55. The monoisotopic (exact) mass is 158 g/mol. The topological polar surface area (TPSA) is 29.5 Å². The Hall–Kier alpha value is -0.935. The SMILES string of the molecule is OOBc1cc(F)cc(F)c1. The molecule has 1 N–H and O–H groups in total. The molecular formula is C6H5BF2O2. The molecule has 0 aliphatic rings. The molecule has 1 rings (SSSR count). The van der Waals surface area contributed by atoms with Crippen molar-refractivity contribution in [3.8, 4) is 0 Å². The van der Waals surface area contributed by atoms with Crippen molar-refractivity contribution in [2.75, 3.05) is 0 Å². The molecule has 11 heavy (non-hydrogen) atoms. The lowest BCUT2D eigenvalue weighted by Crippen LogP contribution is -2.17. The lowest BCUT2D eigenvalue weighted by Gasteiger charge is -1.96. The molecule has 0 saturated carbocycles. The highest BCUT2D eigenvalue weighted by atomic mass is 19.1. The van der Waals surface area contributed by atoms with Crippen LogP contribution in [-0.4, -0.2) is 12.7 Å². The molecule has 5 heteroatoms. The van der Waals surface area contributed by atoms with Gasteiger partial charge in [-0.05, 0) is 17.6 Å². The van der Waals surface area contributed by atoms with Crippen molar-refractivity contribution < 1.29 is 18.8 Å². The fraction of sp³-hybridized carbons (Fsp3) is 0. The maximum absolute atomic E-state index is 12.4. The van der Waals surface area contributed by atoms with Gasteiger partial charge in [-0.1, -0.05) is 0 Å². The largest absolute Gasteiger partial charge is 0.355 e. The molecule has 0 amide bonds. The van der Waals surface area contributed by atoms with Crippen LogP contribution in [0.5, 0.6) is 0 Å². The Morgan fingerprint density at radius 1 is 1.18 bits per heavy atom. The summed E-state index contributed by atoms with van der Waals surface area (Å²) in [7, 11) is -0.214. The highest BCUT2D eigenvalue weighted by Gasteiger charge is 2.01. The third-order valence-electron chi connectivity index (χ3n) is 1.15. The number of halogens is 2. The molecular weight excluding hydrogens is 153 g/mol. The van der Waals surface area contributed by atoms with Crippen LogP contribution in [0.4, 0.5) is 8.78 Å². The van der Waals surface area contributed by atoms with Gasteiger partial charge < -0.3 is 4.81 Å². The maximum atomic E-state index is 12.4. The normalized spacial score (nSPS) is 9.73. The summed E-state index contributed by atoms with van der Waals surface area (Å²) in [5.74, 6) is -1.37. The minimum absolute atomic E-state index is 0.214. The molecule has 0 aliphatic heterocycles. The van der Waals surface area contributed by atoms with Crippen molar-refractivity contribution in [3.05, 3.63) is 29.8 Å². The molecule has 0 aliphatic carbocycles. The lowest BCUT2D eigenvalue weighted by atomic mass is 9.89. The van der Waals surface area contributed by atoms with Crippen LogP contribution in [0.25, 0.3) is 0 Å². The fourth-order valence-electron chi connectivity index (χ4n) is 0.769. The Bertz CT molecular complexity index is 234. The summed E-state index contributed by atoms with van der Waals surface area (Å²) in [6.45, 7) is 0. The van der Waals surface area contributed by atoms with Crippen molar-refractivity contribution in [2.45, 2.75) is 0 Å². The van der Waals surface area contributed by atoms with Crippen LogP contribution < -0.4 is 5.46 Å². The molecule has 0 bridgehead atoms. The minimum Gasteiger partial charge on any atom is -0.306 e. The highest BCUT2D eigenvalue weighted by molar-refractivity contribution is 6.46. The number of hydrogen-bond acceptors (Lipinski definition) is 2. The van der Waals surface area contributed by atoms with Crippen molar-refractivity contribution in [1.82, 2.24) is 0 Å². The minimum atomic E-state index is -0.683. The zero-order valence-corrected chi connectivity index (χ0v) is 5.55. The summed E-state index contributed by atoms with van der Waals surface area (Å²) in [4.78, 5) is 3.70. The Labute approximate surface area is 62.6 Å². The molecule has 0 fully saturated rings. The van der Waals surface area contributed by atoms with Gasteiger partial charge in [-0.2, -0.15) is 0 Å². The molecule has 0 radical (unpaired) electrons. The van der Waals surface area contributed by atoms with Crippen molar-refractivity contribution >= 4 is 12.9 Å². The van der Waals surface area contributed by atoms with Gasteiger partial charge in [0.15, 0.2) is 0 Å². The molecule has 0 saturated heterocycles. The Morgan fingerprint density at radius 3 is 2.18 bits per heavy atom. The van der Waals surface area contributed by atoms with Gasteiger partial charge in [0.05, 0.1) is 0 Å². The van der Waals surface area contributed by atoms with E-state index in [1.807, 2.05) is 0 Å². The summed E-state index contributed by atoms with van der Waals surface area (Å²) in [6.07, 6.45) is 0. The van der Waals surface area contributed by atoms with E-state index in [9.17, 15) is 8.78 Å². The van der Waals surface area contributed by atoms with Gasteiger partial charge in [-0.15, -0.1) is 0 Å². The van der Waals surface area contributed by atoms with Gasteiger partial charge in [0.2, 0.25) is 0 Å². The first-order valence-corrected chi connectivity index (χ1v) is 2.93. The molecule has 58 valence electrons. The first-order chi connectivity index (χ1) is 5.22. The number of rotatable bonds is 2. The summed E-state index contributed by atoms with van der Waals surface area (Å²) in [5.41, 5.74) is 0.255. The smallest absolute Gasteiger partial charge is 0.306 e. The van der Waals surface area contributed by atoms with Crippen LogP contribution in [0.3, 0.4) is 0 Å². The van der Waals surface area contributed by atoms with Crippen LogP contribution >= 0.6 is 0 Å². The van der Waals surface area contributed by atoms with Gasteiger partial charge in [-0.3, -0.25) is 5.26 Å². The van der Waals surface area contributed by atoms with E-state index in [1.165, 1.54) is 0 Å². The van der Waals surface area contributed by atoms with Crippen LogP contribution in [0.2, 0.25) is 0 Å². The summed E-state index contributed by atoms with van der Waals surface area (Å²) in [5, 5.41) is 7.96. The zero-order chi connectivity index (χ0) is 8.27. The van der Waals surface area contributed by atoms with E-state index in [2.05, 4.69) is 4.81 Å². The molecule has 0 aromatic heterocycles. The first kappa shape index (κ1) is 8.16. The first-order valence-electron chi connectivity index (χ1n) is 2.93. The molecule has 0 heterocycles. The molecule has 0 spiro atoms. The lowest BCUT2D eigenvalue weighted by molar-refractivity contribution is -0.135. The Balaban J connectivity index is 2.89. The molecule has 1 aromatic rings. The van der Waals surface area contributed by atoms with Crippen LogP contribution in [0.1, 0.15) is 0 Å². The standard InChI is InChI=1S/C6H5BF2O2/c8-5-1-4(7-11-10)2-6(9)3-5/h1-3,7,10H. The Morgan fingerprint density at radius 2 is 1.73 bits per heavy atom. The second-order valence-corrected chi connectivity index (χ2v) is 2.05. The van der Waals surface area contributed by atoms with E-state index < -0.39 is 11.6 Å². The van der Waals surface area contributed by atoms with Crippen LogP contribution in [0, 0.1) is 11.6 Å². The second kappa shape index (κ2) is 3.45. The highest BCUT2D eigenvalue weighted by Crippen LogP contribution is 1.98. The Kier molecular flexibility index (Phi) is 2.56. The third-order valence-corrected chi connectivity index (χ3v) is 1.15. The molecule has 1 aromatic carbocycles. The van der Waals surface area contributed by atoms with E-state index in [-0.39, 0.29) is 12.9 Å². The van der Waals surface area contributed by atoms with E-state index in [4.69, 9.17) is 5.26 Å². The van der Waals surface area contributed by atoms with Crippen molar-refractivity contribution in [3.63, 3.8) is 0 Å². The van der Waals surface area contributed by atoms with E-state index in [0.29, 0.717) is 0 Å². The predicted octanol–water partition coefficient (Wildman–Crippen LogP) is 0.431. The van der Waals surface area contributed by atoms with Gasteiger partial charge >= 0.3 is 7.48 Å². The third kappa shape index (κ3) is 2.29.